The van der Waals surface area contributed by atoms with Gasteiger partial charge >= 0.3 is 5.97 Å². The molecule has 0 atom stereocenters. The van der Waals surface area contributed by atoms with Crippen LogP contribution in [0.2, 0.25) is 0 Å². The van der Waals surface area contributed by atoms with Gasteiger partial charge in [0.2, 0.25) is 0 Å². The minimum absolute atomic E-state index is 0.177. The van der Waals surface area contributed by atoms with Gasteiger partial charge in [0.1, 0.15) is 6.61 Å². The Kier molecular flexibility index (Phi) is 2.51. The van der Waals surface area contributed by atoms with Gasteiger partial charge in [0.15, 0.2) is 0 Å². The number of carbonyl (C=O) groups excluding carboxylic acids is 1. The van der Waals surface area contributed by atoms with Crippen molar-refractivity contribution in [1.82, 2.24) is 0 Å². The number of benzene rings is 1. The van der Waals surface area contributed by atoms with Crippen molar-refractivity contribution in [1.29, 1.82) is 0 Å². The molecule has 0 N–H and O–H groups in total. The lowest BCUT2D eigenvalue weighted by atomic mass is 9.93. The number of carbonyl (C=O) groups is 1. The summed E-state index contributed by atoms with van der Waals surface area (Å²) in [5.74, 6) is 0.462. The molecule has 0 aliphatic carbocycles. The van der Waals surface area contributed by atoms with Crippen LogP contribution in [0.5, 0.6) is 0 Å². The molecule has 2 heteroatoms. The van der Waals surface area contributed by atoms with Crippen LogP contribution >= 0.6 is 0 Å². The van der Waals surface area contributed by atoms with E-state index in [2.05, 4.69) is 26.8 Å². The number of esters is 1. The maximum absolute atomic E-state index is 11.3. The number of ether oxygens (including phenoxy) is 1. The van der Waals surface area contributed by atoms with Gasteiger partial charge in [0, 0.05) is 5.56 Å². The molecule has 0 saturated heterocycles. The molecule has 0 unspecified atom stereocenters. The van der Waals surface area contributed by atoms with Crippen LogP contribution in [0, 0.1) is 12.8 Å². The molecule has 80 valence electrons. The summed E-state index contributed by atoms with van der Waals surface area (Å²) in [7, 11) is 0. The predicted molar refractivity (Wildman–Crippen MR) is 58.8 cm³/mol. The number of rotatable bonds is 2. The Morgan fingerprint density at radius 2 is 2.13 bits per heavy atom. The minimum Gasteiger partial charge on any atom is -0.457 e. The summed E-state index contributed by atoms with van der Waals surface area (Å²) in [6.45, 7) is 6.94. The van der Waals surface area contributed by atoms with Crippen LogP contribution in [-0.4, -0.2) is 5.97 Å². The fourth-order valence-electron chi connectivity index (χ4n) is 2.06. The van der Waals surface area contributed by atoms with Gasteiger partial charge in [-0.15, -0.1) is 0 Å². The van der Waals surface area contributed by atoms with Crippen LogP contribution in [-0.2, 0) is 17.8 Å². The molecule has 1 aliphatic rings. The quantitative estimate of drug-likeness (QED) is 0.692. The van der Waals surface area contributed by atoms with E-state index < -0.39 is 0 Å². The Morgan fingerprint density at radius 1 is 1.40 bits per heavy atom. The first-order chi connectivity index (χ1) is 7.09. The standard InChI is InChI=1S/C13H16O2/c1-8(2)6-10-4-5-11-12(9(10)3)7-15-13(11)14/h4-5,8H,6-7H2,1-3H3. The molecular weight excluding hydrogens is 188 g/mol. The average molecular weight is 204 g/mol. The van der Waals surface area contributed by atoms with E-state index in [0.717, 1.165) is 17.5 Å². The average Bonchev–Trinajstić information content (AvgIpc) is 2.53. The summed E-state index contributed by atoms with van der Waals surface area (Å²) in [5.41, 5.74) is 4.40. The molecule has 0 bridgehead atoms. The first kappa shape index (κ1) is 10.2. The number of hydrogen-bond acceptors (Lipinski definition) is 2. The molecule has 1 aliphatic heterocycles. The maximum atomic E-state index is 11.3. The van der Waals surface area contributed by atoms with E-state index in [1.165, 1.54) is 11.1 Å². The normalized spacial score (nSPS) is 14.3. The van der Waals surface area contributed by atoms with Crippen LogP contribution in [0.4, 0.5) is 0 Å². The summed E-state index contributed by atoms with van der Waals surface area (Å²) in [6.07, 6.45) is 1.06. The third kappa shape index (κ3) is 1.76. The maximum Gasteiger partial charge on any atom is 0.338 e. The summed E-state index contributed by atoms with van der Waals surface area (Å²) < 4.78 is 5.03. The van der Waals surface area contributed by atoms with Gasteiger partial charge in [0.05, 0.1) is 5.56 Å². The van der Waals surface area contributed by atoms with E-state index in [0.29, 0.717) is 12.5 Å². The molecule has 0 aromatic heterocycles. The zero-order valence-electron chi connectivity index (χ0n) is 9.46. The van der Waals surface area contributed by atoms with Crippen molar-refractivity contribution in [3.05, 3.63) is 34.4 Å². The number of cyclic esters (lactones) is 1. The molecule has 0 radical (unpaired) electrons. The van der Waals surface area contributed by atoms with Crippen molar-refractivity contribution in [3.8, 4) is 0 Å². The van der Waals surface area contributed by atoms with E-state index in [9.17, 15) is 4.79 Å². The molecule has 1 heterocycles. The van der Waals surface area contributed by atoms with Crippen LogP contribution in [0.15, 0.2) is 12.1 Å². The fraction of sp³-hybridized carbons (Fsp3) is 0.462. The van der Waals surface area contributed by atoms with Crippen LogP contribution in [0.3, 0.4) is 0 Å². The largest absolute Gasteiger partial charge is 0.457 e. The summed E-state index contributed by atoms with van der Waals surface area (Å²) in [4.78, 5) is 11.3. The Balaban J connectivity index is 2.42. The van der Waals surface area contributed by atoms with E-state index >= 15 is 0 Å². The highest BCUT2D eigenvalue weighted by Gasteiger charge is 2.23. The van der Waals surface area contributed by atoms with Gasteiger partial charge in [-0.25, -0.2) is 4.79 Å². The highest BCUT2D eigenvalue weighted by atomic mass is 16.5. The minimum atomic E-state index is -0.177. The van der Waals surface area contributed by atoms with Crippen molar-refractivity contribution in [2.75, 3.05) is 0 Å². The molecule has 0 saturated carbocycles. The Labute approximate surface area is 90.3 Å². The SMILES string of the molecule is Cc1c(CC(C)C)ccc2c1COC2=O. The molecule has 0 spiro atoms. The van der Waals surface area contributed by atoms with Gasteiger partial charge < -0.3 is 4.74 Å². The lowest BCUT2D eigenvalue weighted by molar-refractivity contribution is 0.0535. The number of hydrogen-bond donors (Lipinski definition) is 0. The van der Waals surface area contributed by atoms with Crippen LogP contribution < -0.4 is 0 Å². The predicted octanol–water partition coefficient (Wildman–Crippen LogP) is 2.86. The van der Waals surface area contributed by atoms with E-state index in [-0.39, 0.29) is 5.97 Å². The molecule has 0 fully saturated rings. The molecule has 1 aromatic carbocycles. The number of fused-ring (bicyclic) bond motifs is 1. The third-order valence-corrected chi connectivity index (χ3v) is 2.91. The van der Waals surface area contributed by atoms with E-state index in [1.54, 1.807) is 0 Å². The van der Waals surface area contributed by atoms with Crippen molar-refractivity contribution in [2.45, 2.75) is 33.8 Å². The zero-order valence-corrected chi connectivity index (χ0v) is 9.46. The summed E-state index contributed by atoms with van der Waals surface area (Å²) in [6, 6.07) is 3.95. The highest BCUT2D eigenvalue weighted by molar-refractivity contribution is 5.93. The summed E-state index contributed by atoms with van der Waals surface area (Å²) >= 11 is 0. The van der Waals surface area contributed by atoms with E-state index in [1.807, 2.05) is 6.07 Å². The van der Waals surface area contributed by atoms with Gasteiger partial charge in [0.25, 0.3) is 0 Å². The smallest absolute Gasteiger partial charge is 0.338 e. The lowest BCUT2D eigenvalue weighted by Gasteiger charge is -2.10. The lowest BCUT2D eigenvalue weighted by Crippen LogP contribution is -2.01. The van der Waals surface area contributed by atoms with Crippen LogP contribution in [0.1, 0.15) is 40.9 Å². The van der Waals surface area contributed by atoms with Crippen LogP contribution in [0.25, 0.3) is 0 Å². The van der Waals surface area contributed by atoms with Gasteiger partial charge in [-0.3, -0.25) is 0 Å². The first-order valence-electron chi connectivity index (χ1n) is 5.38. The van der Waals surface area contributed by atoms with Crippen molar-refractivity contribution in [3.63, 3.8) is 0 Å². The second-order valence-electron chi connectivity index (χ2n) is 4.55. The zero-order chi connectivity index (χ0) is 11.0. The second kappa shape index (κ2) is 3.69. The van der Waals surface area contributed by atoms with Crippen molar-refractivity contribution in [2.24, 2.45) is 5.92 Å². The monoisotopic (exact) mass is 204 g/mol. The Bertz CT molecular complexity index is 405. The molecule has 2 nitrogen and oxygen atoms in total. The topological polar surface area (TPSA) is 26.3 Å². The molecule has 2 rings (SSSR count). The van der Waals surface area contributed by atoms with Gasteiger partial charge in [-0.05, 0) is 36.5 Å². The Morgan fingerprint density at radius 3 is 2.80 bits per heavy atom. The van der Waals surface area contributed by atoms with Crippen molar-refractivity contribution >= 4 is 5.97 Å². The highest BCUT2D eigenvalue weighted by Crippen LogP contribution is 2.26. The second-order valence-corrected chi connectivity index (χ2v) is 4.55. The van der Waals surface area contributed by atoms with Gasteiger partial charge in [-0.2, -0.15) is 0 Å². The van der Waals surface area contributed by atoms with E-state index in [4.69, 9.17) is 4.74 Å². The Hall–Kier alpha value is -1.31. The molecule has 1 aromatic rings. The van der Waals surface area contributed by atoms with Gasteiger partial charge in [-0.1, -0.05) is 19.9 Å². The third-order valence-electron chi connectivity index (χ3n) is 2.91. The summed E-state index contributed by atoms with van der Waals surface area (Å²) in [5, 5.41) is 0. The fourth-order valence-corrected chi connectivity index (χ4v) is 2.06. The molecule has 15 heavy (non-hydrogen) atoms. The molecule has 0 amide bonds. The molecular formula is C13H16O2. The van der Waals surface area contributed by atoms with Crippen molar-refractivity contribution < 1.29 is 9.53 Å². The first-order valence-corrected chi connectivity index (χ1v) is 5.38.